The second kappa shape index (κ2) is 4.28. The fourth-order valence-electron chi connectivity index (χ4n) is 1.65. The van der Waals surface area contributed by atoms with Gasteiger partial charge in [-0.1, -0.05) is 19.9 Å². The van der Waals surface area contributed by atoms with Gasteiger partial charge >= 0.3 is 11.9 Å². The van der Waals surface area contributed by atoms with Crippen LogP contribution in [0.4, 0.5) is 0 Å². The summed E-state index contributed by atoms with van der Waals surface area (Å²) in [5.41, 5.74) is -1.87. The lowest BCUT2D eigenvalue weighted by Gasteiger charge is -2.36. The fraction of sp³-hybridized carbons (Fsp3) is 0.667. The molecule has 0 aromatic rings. The summed E-state index contributed by atoms with van der Waals surface area (Å²) in [4.78, 5) is 23.6. The normalized spacial score (nSPS) is 33.4. The zero-order valence-corrected chi connectivity index (χ0v) is 10.2. The number of carbonyl (C=O) groups excluding carboxylic acids is 2. The average Bonchev–Trinajstić information content (AvgIpc) is 2.29. The molecule has 2 atom stereocenters. The van der Waals surface area contributed by atoms with Crippen molar-refractivity contribution in [2.75, 3.05) is 7.11 Å². The van der Waals surface area contributed by atoms with Gasteiger partial charge < -0.3 is 9.47 Å². The summed E-state index contributed by atoms with van der Waals surface area (Å²) in [7, 11) is 1.27. The molecule has 1 rings (SSSR count). The maximum Gasteiger partial charge on any atom is 0.328 e. The van der Waals surface area contributed by atoms with Gasteiger partial charge in [-0.2, -0.15) is 0 Å². The van der Waals surface area contributed by atoms with Gasteiger partial charge in [-0.3, -0.25) is 9.59 Å². The van der Waals surface area contributed by atoms with Crippen molar-refractivity contribution >= 4 is 11.9 Å². The first-order valence-corrected chi connectivity index (χ1v) is 5.46. The van der Waals surface area contributed by atoms with E-state index >= 15 is 0 Å². The lowest BCUT2D eigenvalue weighted by molar-refractivity contribution is -0.176. The quantitative estimate of drug-likeness (QED) is 0.418. The van der Waals surface area contributed by atoms with Gasteiger partial charge in [0.1, 0.15) is 5.60 Å². The van der Waals surface area contributed by atoms with Gasteiger partial charge in [0.25, 0.3) is 0 Å². The lowest BCUT2D eigenvalue weighted by atomic mass is 9.80. The molecule has 0 amide bonds. The van der Waals surface area contributed by atoms with Gasteiger partial charge in [0.05, 0.1) is 7.11 Å². The van der Waals surface area contributed by atoms with E-state index in [9.17, 15) is 9.59 Å². The molecule has 1 aliphatic heterocycles. The Morgan fingerprint density at radius 2 is 2.00 bits per heavy atom. The van der Waals surface area contributed by atoms with Gasteiger partial charge in [0.15, 0.2) is 5.41 Å². The van der Waals surface area contributed by atoms with Crippen molar-refractivity contribution in [1.82, 2.24) is 0 Å². The minimum Gasteiger partial charge on any atom is -0.468 e. The molecular weight excluding hydrogens is 208 g/mol. The SMILES string of the molecule is CCC1(C)C=CC(CC)(C(=O)OC)C(=O)O1. The highest BCUT2D eigenvalue weighted by atomic mass is 16.6. The van der Waals surface area contributed by atoms with Crippen LogP contribution in [0.5, 0.6) is 0 Å². The van der Waals surface area contributed by atoms with Crippen LogP contribution in [0.3, 0.4) is 0 Å². The molecule has 0 aromatic heterocycles. The van der Waals surface area contributed by atoms with E-state index in [2.05, 4.69) is 4.74 Å². The Bertz CT molecular complexity index is 334. The molecule has 0 aliphatic carbocycles. The first-order chi connectivity index (χ1) is 7.44. The molecule has 0 aromatic carbocycles. The van der Waals surface area contributed by atoms with Crippen molar-refractivity contribution in [3.63, 3.8) is 0 Å². The van der Waals surface area contributed by atoms with Crippen LogP contribution in [0.1, 0.15) is 33.6 Å². The molecule has 4 heteroatoms. The Morgan fingerprint density at radius 3 is 2.38 bits per heavy atom. The second-order valence-corrected chi connectivity index (χ2v) is 4.21. The maximum atomic E-state index is 11.9. The lowest BCUT2D eigenvalue weighted by Crippen LogP contribution is -2.47. The summed E-state index contributed by atoms with van der Waals surface area (Å²) in [5, 5.41) is 0. The largest absolute Gasteiger partial charge is 0.468 e. The second-order valence-electron chi connectivity index (χ2n) is 4.21. The number of esters is 2. The monoisotopic (exact) mass is 226 g/mol. The van der Waals surface area contributed by atoms with E-state index < -0.39 is 23.0 Å². The van der Waals surface area contributed by atoms with E-state index in [4.69, 9.17) is 4.74 Å². The highest BCUT2D eigenvalue weighted by molar-refractivity contribution is 6.03. The van der Waals surface area contributed by atoms with E-state index in [1.807, 2.05) is 13.8 Å². The number of ether oxygens (including phenoxy) is 2. The molecule has 16 heavy (non-hydrogen) atoms. The van der Waals surface area contributed by atoms with Crippen molar-refractivity contribution in [2.24, 2.45) is 5.41 Å². The van der Waals surface area contributed by atoms with Crippen molar-refractivity contribution < 1.29 is 19.1 Å². The zero-order chi connectivity index (χ0) is 12.4. The third-order valence-electron chi connectivity index (χ3n) is 3.22. The van der Waals surface area contributed by atoms with Gasteiger partial charge in [-0.05, 0) is 25.8 Å². The molecule has 0 saturated carbocycles. The topological polar surface area (TPSA) is 52.6 Å². The summed E-state index contributed by atoms with van der Waals surface area (Å²) in [6.07, 6.45) is 4.41. The summed E-state index contributed by atoms with van der Waals surface area (Å²) < 4.78 is 9.99. The van der Waals surface area contributed by atoms with E-state index in [-0.39, 0.29) is 0 Å². The molecule has 0 radical (unpaired) electrons. The molecule has 2 unspecified atom stereocenters. The molecule has 1 aliphatic rings. The van der Waals surface area contributed by atoms with Crippen LogP contribution in [0, 0.1) is 5.41 Å². The van der Waals surface area contributed by atoms with Gasteiger partial charge in [0.2, 0.25) is 0 Å². The number of rotatable bonds is 3. The van der Waals surface area contributed by atoms with E-state index in [0.29, 0.717) is 12.8 Å². The Labute approximate surface area is 95.6 Å². The summed E-state index contributed by atoms with van der Waals surface area (Å²) in [5.74, 6) is -1.08. The fourth-order valence-corrected chi connectivity index (χ4v) is 1.65. The van der Waals surface area contributed by atoms with Crippen LogP contribution < -0.4 is 0 Å². The van der Waals surface area contributed by atoms with Crippen molar-refractivity contribution in [3.8, 4) is 0 Å². The molecule has 0 N–H and O–H groups in total. The molecule has 1 heterocycles. The highest BCUT2D eigenvalue weighted by Crippen LogP contribution is 2.36. The van der Waals surface area contributed by atoms with Crippen LogP contribution >= 0.6 is 0 Å². The Hall–Kier alpha value is -1.32. The van der Waals surface area contributed by atoms with Crippen molar-refractivity contribution in [1.29, 1.82) is 0 Å². The molecule has 0 bridgehead atoms. The Kier molecular flexibility index (Phi) is 3.41. The van der Waals surface area contributed by atoms with E-state index in [0.717, 1.165) is 0 Å². The van der Waals surface area contributed by atoms with Crippen molar-refractivity contribution in [3.05, 3.63) is 12.2 Å². The molecule has 0 fully saturated rings. The van der Waals surface area contributed by atoms with Crippen LogP contribution in [0.15, 0.2) is 12.2 Å². The molecule has 4 nitrogen and oxygen atoms in total. The van der Waals surface area contributed by atoms with Gasteiger partial charge in [-0.25, -0.2) is 0 Å². The van der Waals surface area contributed by atoms with Gasteiger partial charge in [0, 0.05) is 0 Å². The smallest absolute Gasteiger partial charge is 0.328 e. The minimum atomic E-state index is -1.26. The third kappa shape index (κ3) is 1.84. The highest BCUT2D eigenvalue weighted by Gasteiger charge is 2.50. The first kappa shape index (κ1) is 12.7. The molecule has 0 saturated heterocycles. The summed E-state index contributed by atoms with van der Waals surface area (Å²) >= 11 is 0. The van der Waals surface area contributed by atoms with E-state index in [1.165, 1.54) is 7.11 Å². The average molecular weight is 226 g/mol. The Balaban J connectivity index is 3.12. The standard InChI is InChI=1S/C12H18O4/c1-5-11(3)7-8-12(6-2,9(13)15-4)10(14)16-11/h7-8H,5-6H2,1-4H3. The molecular formula is C12H18O4. The van der Waals surface area contributed by atoms with Crippen LogP contribution in [-0.2, 0) is 19.1 Å². The van der Waals surface area contributed by atoms with E-state index in [1.54, 1.807) is 19.1 Å². The Morgan fingerprint density at radius 1 is 1.38 bits per heavy atom. The maximum absolute atomic E-state index is 11.9. The van der Waals surface area contributed by atoms with Crippen molar-refractivity contribution in [2.45, 2.75) is 39.2 Å². The number of carbonyl (C=O) groups is 2. The van der Waals surface area contributed by atoms with Crippen LogP contribution in [0.25, 0.3) is 0 Å². The van der Waals surface area contributed by atoms with Crippen LogP contribution in [0.2, 0.25) is 0 Å². The zero-order valence-electron chi connectivity index (χ0n) is 10.2. The number of methoxy groups -OCH3 is 1. The first-order valence-electron chi connectivity index (χ1n) is 5.46. The predicted octanol–water partition coefficient (Wildman–Crippen LogP) is 1.84. The predicted molar refractivity (Wildman–Crippen MR) is 58.7 cm³/mol. The molecule has 90 valence electrons. The van der Waals surface area contributed by atoms with Gasteiger partial charge in [-0.15, -0.1) is 0 Å². The minimum absolute atomic E-state index is 0.342. The number of hydrogen-bond donors (Lipinski definition) is 0. The number of hydrogen-bond acceptors (Lipinski definition) is 4. The summed E-state index contributed by atoms with van der Waals surface area (Å²) in [6.45, 7) is 5.50. The third-order valence-corrected chi connectivity index (χ3v) is 3.22. The number of cyclic esters (lactones) is 1. The molecule has 0 spiro atoms. The van der Waals surface area contributed by atoms with Crippen LogP contribution in [-0.4, -0.2) is 24.6 Å². The summed E-state index contributed by atoms with van der Waals surface area (Å²) in [6, 6.07) is 0.